The van der Waals surface area contributed by atoms with Crippen LogP contribution in [0.4, 0.5) is 5.69 Å². The molecule has 0 spiro atoms. The van der Waals surface area contributed by atoms with Crippen LogP contribution < -0.4 is 5.32 Å². The van der Waals surface area contributed by atoms with E-state index in [1.165, 1.54) is 0 Å². The van der Waals surface area contributed by atoms with E-state index in [-0.39, 0.29) is 5.91 Å². The second kappa shape index (κ2) is 9.33. The number of amides is 2. The molecule has 0 saturated carbocycles. The number of fused-ring (bicyclic) bond motifs is 1. The molecular weight excluding hydrogens is 430 g/mol. The van der Waals surface area contributed by atoms with Crippen LogP contribution >= 0.6 is 0 Å². The van der Waals surface area contributed by atoms with Gasteiger partial charge in [-0.05, 0) is 35.9 Å². The van der Waals surface area contributed by atoms with Crippen molar-refractivity contribution < 1.29 is 19.1 Å². The van der Waals surface area contributed by atoms with Gasteiger partial charge in [-0.2, -0.15) is 0 Å². The first-order valence-corrected chi connectivity index (χ1v) is 11.1. The summed E-state index contributed by atoms with van der Waals surface area (Å²) in [5.74, 6) is -1.46. The summed E-state index contributed by atoms with van der Waals surface area (Å²) in [4.78, 5) is 43.9. The third-order valence-electron chi connectivity index (χ3n) is 5.89. The Morgan fingerprint density at radius 2 is 1.50 bits per heavy atom. The Bertz CT molecular complexity index is 1350. The minimum Gasteiger partial charge on any atom is -0.378 e. The number of nitrogens with one attached hydrogen (secondary N) is 2. The van der Waals surface area contributed by atoms with Gasteiger partial charge in [-0.25, -0.2) is 0 Å². The van der Waals surface area contributed by atoms with E-state index in [2.05, 4.69) is 10.3 Å². The number of hydrogen-bond acceptors (Lipinski definition) is 4. The van der Waals surface area contributed by atoms with Crippen molar-refractivity contribution >= 4 is 34.2 Å². The van der Waals surface area contributed by atoms with Crippen LogP contribution in [0, 0.1) is 0 Å². The highest BCUT2D eigenvalue weighted by Crippen LogP contribution is 2.31. The van der Waals surface area contributed by atoms with E-state index in [4.69, 9.17) is 4.74 Å². The molecule has 2 N–H and O–H groups in total. The Balaban J connectivity index is 1.38. The average Bonchev–Trinajstić information content (AvgIpc) is 3.29. The number of para-hydroxylation sites is 1. The zero-order valence-corrected chi connectivity index (χ0v) is 18.4. The standard InChI is InChI=1S/C27H23N3O4/c31-25(23-21-8-4-5-9-22(21)29-24(23)18-6-2-1-3-7-18)26(32)28-20-12-10-19(11-13-20)27(33)30-14-16-34-17-15-30/h1-13,29H,14-17H2,(H,28,32). The first kappa shape index (κ1) is 21.6. The second-order valence-corrected chi connectivity index (χ2v) is 8.05. The molecule has 4 aromatic rings. The summed E-state index contributed by atoms with van der Waals surface area (Å²) in [5.41, 5.74) is 3.50. The number of Topliss-reactive ketones (excluding diaryl/α,β-unsaturated/α-hetero) is 1. The summed E-state index contributed by atoms with van der Waals surface area (Å²) in [6.45, 7) is 2.17. The molecule has 0 aliphatic carbocycles. The summed E-state index contributed by atoms with van der Waals surface area (Å²) in [7, 11) is 0. The third-order valence-corrected chi connectivity index (χ3v) is 5.89. The number of hydrogen-bond donors (Lipinski definition) is 2. The minimum absolute atomic E-state index is 0.0800. The molecule has 5 rings (SSSR count). The molecule has 0 radical (unpaired) electrons. The van der Waals surface area contributed by atoms with Crippen LogP contribution in [0.2, 0.25) is 0 Å². The average molecular weight is 453 g/mol. The molecule has 1 aliphatic heterocycles. The molecule has 1 aromatic heterocycles. The molecule has 0 bridgehead atoms. The molecule has 0 unspecified atom stereocenters. The lowest BCUT2D eigenvalue weighted by Gasteiger charge is -2.26. The molecule has 2 amide bonds. The fourth-order valence-electron chi connectivity index (χ4n) is 4.15. The normalized spacial score (nSPS) is 13.6. The van der Waals surface area contributed by atoms with Crippen molar-refractivity contribution in [3.63, 3.8) is 0 Å². The number of aromatic amines is 1. The summed E-state index contributed by atoms with van der Waals surface area (Å²) in [6, 6.07) is 23.4. The minimum atomic E-state index is -0.741. The van der Waals surface area contributed by atoms with Crippen molar-refractivity contribution in [3.8, 4) is 11.3 Å². The van der Waals surface area contributed by atoms with E-state index in [9.17, 15) is 14.4 Å². The zero-order chi connectivity index (χ0) is 23.5. The number of ketones is 1. The number of carbonyl (C=O) groups is 3. The Morgan fingerprint density at radius 3 is 2.24 bits per heavy atom. The lowest BCUT2D eigenvalue weighted by Crippen LogP contribution is -2.40. The number of morpholine rings is 1. The van der Waals surface area contributed by atoms with Gasteiger partial charge in [0.2, 0.25) is 0 Å². The summed E-state index contributed by atoms with van der Waals surface area (Å²) >= 11 is 0. The molecule has 3 aromatic carbocycles. The van der Waals surface area contributed by atoms with Crippen molar-refractivity contribution in [2.45, 2.75) is 0 Å². The van der Waals surface area contributed by atoms with Gasteiger partial charge < -0.3 is 19.9 Å². The van der Waals surface area contributed by atoms with E-state index in [0.29, 0.717) is 54.2 Å². The number of aromatic nitrogens is 1. The van der Waals surface area contributed by atoms with Gasteiger partial charge in [-0.3, -0.25) is 14.4 Å². The van der Waals surface area contributed by atoms with E-state index in [1.807, 2.05) is 54.6 Å². The number of nitrogens with zero attached hydrogens (tertiary/aromatic N) is 1. The maximum atomic E-state index is 13.3. The van der Waals surface area contributed by atoms with Crippen molar-refractivity contribution in [3.05, 3.63) is 90.0 Å². The fraction of sp³-hybridized carbons (Fsp3) is 0.148. The number of H-pyrrole nitrogens is 1. The first-order valence-electron chi connectivity index (χ1n) is 11.1. The van der Waals surface area contributed by atoms with Crippen LogP contribution in [0.5, 0.6) is 0 Å². The first-order chi connectivity index (χ1) is 16.6. The highest BCUT2D eigenvalue weighted by atomic mass is 16.5. The summed E-state index contributed by atoms with van der Waals surface area (Å²) in [6.07, 6.45) is 0. The molecule has 0 atom stereocenters. The zero-order valence-electron chi connectivity index (χ0n) is 18.4. The predicted molar refractivity (Wildman–Crippen MR) is 130 cm³/mol. The van der Waals surface area contributed by atoms with Crippen LogP contribution in [0.3, 0.4) is 0 Å². The molecule has 2 heterocycles. The van der Waals surface area contributed by atoms with Gasteiger partial charge >= 0.3 is 0 Å². The quantitative estimate of drug-likeness (QED) is 0.351. The Morgan fingerprint density at radius 1 is 0.824 bits per heavy atom. The van der Waals surface area contributed by atoms with Crippen molar-refractivity contribution in [1.82, 2.24) is 9.88 Å². The van der Waals surface area contributed by atoms with Gasteiger partial charge in [-0.15, -0.1) is 0 Å². The lowest BCUT2D eigenvalue weighted by molar-refractivity contribution is -0.112. The van der Waals surface area contributed by atoms with E-state index in [1.54, 1.807) is 29.2 Å². The predicted octanol–water partition coefficient (Wildman–Crippen LogP) is 4.13. The molecule has 7 nitrogen and oxygen atoms in total. The van der Waals surface area contributed by atoms with Gasteiger partial charge in [0.25, 0.3) is 17.6 Å². The molecule has 1 saturated heterocycles. The smallest absolute Gasteiger partial charge is 0.296 e. The summed E-state index contributed by atoms with van der Waals surface area (Å²) < 4.78 is 5.29. The monoisotopic (exact) mass is 453 g/mol. The number of rotatable bonds is 5. The number of ether oxygens (including phenoxy) is 1. The highest BCUT2D eigenvalue weighted by molar-refractivity contribution is 6.49. The topological polar surface area (TPSA) is 91.5 Å². The van der Waals surface area contributed by atoms with Crippen molar-refractivity contribution in [1.29, 1.82) is 0 Å². The molecule has 1 aliphatic rings. The van der Waals surface area contributed by atoms with Crippen LogP contribution in [-0.4, -0.2) is 53.8 Å². The van der Waals surface area contributed by atoms with Crippen LogP contribution in [-0.2, 0) is 9.53 Å². The van der Waals surface area contributed by atoms with E-state index >= 15 is 0 Å². The SMILES string of the molecule is O=C(Nc1ccc(C(=O)N2CCOCC2)cc1)C(=O)c1c(-c2ccccc2)[nH]c2ccccc12. The Kier molecular flexibility index (Phi) is 5.93. The third kappa shape index (κ3) is 4.21. The highest BCUT2D eigenvalue weighted by Gasteiger charge is 2.25. The lowest BCUT2D eigenvalue weighted by atomic mass is 10.0. The molecule has 170 valence electrons. The Hall–Kier alpha value is -4.23. The maximum Gasteiger partial charge on any atom is 0.296 e. The number of anilines is 1. The second-order valence-electron chi connectivity index (χ2n) is 8.05. The number of benzene rings is 3. The van der Waals surface area contributed by atoms with E-state index < -0.39 is 11.7 Å². The van der Waals surface area contributed by atoms with Gasteiger partial charge in [0.15, 0.2) is 0 Å². The van der Waals surface area contributed by atoms with Gasteiger partial charge in [0.1, 0.15) is 0 Å². The van der Waals surface area contributed by atoms with Crippen LogP contribution in [0.15, 0.2) is 78.9 Å². The molecule has 7 heteroatoms. The Labute approximate surface area is 196 Å². The van der Waals surface area contributed by atoms with Gasteiger partial charge in [-0.1, -0.05) is 48.5 Å². The largest absolute Gasteiger partial charge is 0.378 e. The van der Waals surface area contributed by atoms with Crippen LogP contribution in [0.25, 0.3) is 22.2 Å². The molecular formula is C27H23N3O4. The molecule has 1 fully saturated rings. The van der Waals surface area contributed by atoms with Crippen LogP contribution in [0.1, 0.15) is 20.7 Å². The van der Waals surface area contributed by atoms with Crippen molar-refractivity contribution in [2.24, 2.45) is 0 Å². The molecule has 34 heavy (non-hydrogen) atoms. The number of carbonyl (C=O) groups excluding carboxylic acids is 3. The summed E-state index contributed by atoms with van der Waals surface area (Å²) in [5, 5.41) is 3.36. The fourth-order valence-corrected chi connectivity index (χ4v) is 4.15. The van der Waals surface area contributed by atoms with Gasteiger partial charge in [0.05, 0.1) is 24.5 Å². The maximum absolute atomic E-state index is 13.3. The van der Waals surface area contributed by atoms with Crippen molar-refractivity contribution in [2.75, 3.05) is 31.6 Å². The van der Waals surface area contributed by atoms with E-state index in [0.717, 1.165) is 11.1 Å². The van der Waals surface area contributed by atoms with Gasteiger partial charge in [0, 0.05) is 35.2 Å².